The molecule has 144 valence electrons. The van der Waals surface area contributed by atoms with Crippen molar-refractivity contribution >= 4 is 24.3 Å². The molecule has 0 saturated heterocycles. The van der Waals surface area contributed by atoms with Crippen LogP contribution in [0.25, 0.3) is 5.70 Å². The molecule has 0 aliphatic heterocycles. The van der Waals surface area contributed by atoms with E-state index in [1.807, 2.05) is 13.8 Å². The van der Waals surface area contributed by atoms with Gasteiger partial charge in [0, 0.05) is 11.8 Å². The van der Waals surface area contributed by atoms with E-state index >= 15 is 0 Å². The number of allylic oxidation sites excluding steroid dienone is 1. The number of rotatable bonds is 10. The zero-order valence-corrected chi connectivity index (χ0v) is 15.9. The van der Waals surface area contributed by atoms with Crippen LogP contribution in [0.3, 0.4) is 0 Å². The second kappa shape index (κ2) is 10.2. The van der Waals surface area contributed by atoms with Gasteiger partial charge in [-0.1, -0.05) is 39.7 Å². The monoisotopic (exact) mass is 366 g/mol. The first-order chi connectivity index (χ1) is 12.3. The first kappa shape index (κ1) is 22.0. The molecule has 0 aliphatic carbocycles. The van der Waals surface area contributed by atoms with Crippen LogP contribution in [0.1, 0.15) is 51.7 Å². The highest BCUT2D eigenvalue weighted by Gasteiger charge is 2.32. The van der Waals surface area contributed by atoms with E-state index in [-0.39, 0.29) is 11.4 Å². The van der Waals surface area contributed by atoms with Gasteiger partial charge in [0.2, 0.25) is 0 Å². The Labute approximate surface area is 154 Å². The van der Waals surface area contributed by atoms with E-state index in [0.29, 0.717) is 12.3 Å². The van der Waals surface area contributed by atoms with Crippen LogP contribution in [-0.4, -0.2) is 30.8 Å². The van der Waals surface area contributed by atoms with Crippen LogP contribution in [0.15, 0.2) is 28.2 Å². The SMILES string of the molecule is C=Nc1c(OC(F)(F)CO)ccc(/C(=C/C(C)CC)N=CC)c1CCC. The van der Waals surface area contributed by atoms with Crippen LogP contribution >= 0.6 is 0 Å². The molecule has 0 spiro atoms. The van der Waals surface area contributed by atoms with Gasteiger partial charge >= 0.3 is 6.11 Å². The number of aliphatic hydroxyl groups excluding tert-OH is 1. The standard InChI is InChI=1S/C20H28F2N2O2/c1-6-9-16-15(17(24-8-3)12-14(4)7-2)10-11-18(19(16)23-5)26-20(21,22)13-25/h8,10-12,14,25H,5-7,9,13H2,1-4H3/b17-12-,24-8?. The average molecular weight is 366 g/mol. The largest absolute Gasteiger partial charge is 0.429 e. The van der Waals surface area contributed by atoms with Crippen LogP contribution in [0.5, 0.6) is 5.75 Å². The minimum Gasteiger partial charge on any atom is -0.429 e. The number of aliphatic hydroxyl groups is 1. The molecule has 0 amide bonds. The van der Waals surface area contributed by atoms with E-state index < -0.39 is 12.7 Å². The second-order valence-corrected chi connectivity index (χ2v) is 6.07. The maximum absolute atomic E-state index is 13.5. The zero-order chi connectivity index (χ0) is 19.7. The number of nitrogens with zero attached hydrogens (tertiary/aromatic N) is 2. The van der Waals surface area contributed by atoms with Gasteiger partial charge in [0.15, 0.2) is 5.75 Å². The summed E-state index contributed by atoms with van der Waals surface area (Å²) in [5.74, 6) is 0.215. The van der Waals surface area contributed by atoms with E-state index in [2.05, 4.69) is 41.4 Å². The molecule has 0 aromatic heterocycles. The second-order valence-electron chi connectivity index (χ2n) is 6.07. The molecule has 6 heteroatoms. The molecular weight excluding hydrogens is 338 g/mol. The first-order valence-corrected chi connectivity index (χ1v) is 8.84. The van der Waals surface area contributed by atoms with Crippen molar-refractivity contribution in [3.8, 4) is 5.75 Å². The Bertz CT molecular complexity index is 670. The highest BCUT2D eigenvalue weighted by Crippen LogP contribution is 2.40. The van der Waals surface area contributed by atoms with Gasteiger partial charge in [-0.2, -0.15) is 8.78 Å². The van der Waals surface area contributed by atoms with Crippen molar-refractivity contribution in [1.82, 2.24) is 0 Å². The van der Waals surface area contributed by atoms with Crippen LogP contribution in [0.4, 0.5) is 14.5 Å². The van der Waals surface area contributed by atoms with Gasteiger partial charge in [0.05, 0.1) is 5.70 Å². The van der Waals surface area contributed by atoms with Crippen molar-refractivity contribution in [3.63, 3.8) is 0 Å². The van der Waals surface area contributed by atoms with Gasteiger partial charge in [-0.3, -0.25) is 9.98 Å². The molecule has 0 radical (unpaired) electrons. The van der Waals surface area contributed by atoms with Crippen molar-refractivity contribution < 1.29 is 18.6 Å². The minimum atomic E-state index is -3.68. The molecule has 4 nitrogen and oxygen atoms in total. The van der Waals surface area contributed by atoms with Crippen molar-refractivity contribution in [1.29, 1.82) is 0 Å². The van der Waals surface area contributed by atoms with Crippen LogP contribution in [-0.2, 0) is 6.42 Å². The maximum Gasteiger partial charge on any atom is 0.421 e. The summed E-state index contributed by atoms with van der Waals surface area (Å²) < 4.78 is 31.7. The number of ether oxygens (including phenoxy) is 1. The third-order valence-electron chi connectivity index (χ3n) is 3.98. The van der Waals surface area contributed by atoms with Gasteiger partial charge in [0.25, 0.3) is 0 Å². The average Bonchev–Trinajstić information content (AvgIpc) is 2.61. The van der Waals surface area contributed by atoms with E-state index in [1.54, 1.807) is 12.3 Å². The molecule has 1 unspecified atom stereocenters. The smallest absolute Gasteiger partial charge is 0.421 e. The summed E-state index contributed by atoms with van der Waals surface area (Å²) >= 11 is 0. The predicted octanol–water partition coefficient (Wildman–Crippen LogP) is 5.41. The van der Waals surface area contributed by atoms with Gasteiger partial charge in [-0.05, 0) is 43.7 Å². The lowest BCUT2D eigenvalue weighted by Gasteiger charge is -2.20. The van der Waals surface area contributed by atoms with Crippen LogP contribution < -0.4 is 4.74 Å². The van der Waals surface area contributed by atoms with E-state index in [1.165, 1.54) is 6.07 Å². The highest BCUT2D eigenvalue weighted by molar-refractivity contribution is 5.79. The molecule has 1 atom stereocenters. The van der Waals surface area contributed by atoms with E-state index in [0.717, 1.165) is 29.7 Å². The van der Waals surface area contributed by atoms with Gasteiger partial charge < -0.3 is 9.84 Å². The predicted molar refractivity (Wildman–Crippen MR) is 104 cm³/mol. The van der Waals surface area contributed by atoms with Crippen molar-refractivity contribution in [3.05, 3.63) is 29.3 Å². The van der Waals surface area contributed by atoms with Gasteiger partial charge in [0.1, 0.15) is 12.3 Å². The quantitative estimate of drug-likeness (QED) is 0.563. The summed E-state index contributed by atoms with van der Waals surface area (Å²) in [5.41, 5.74) is 2.62. The fraction of sp³-hybridized carbons (Fsp3) is 0.500. The first-order valence-electron chi connectivity index (χ1n) is 8.84. The van der Waals surface area contributed by atoms with Crippen molar-refractivity contribution in [2.45, 2.75) is 53.1 Å². The Morgan fingerprint density at radius 3 is 2.58 bits per heavy atom. The molecule has 1 aromatic carbocycles. The Morgan fingerprint density at radius 2 is 2.08 bits per heavy atom. The number of alkyl halides is 2. The minimum absolute atomic E-state index is 0.102. The molecule has 0 saturated carbocycles. The summed E-state index contributed by atoms with van der Waals surface area (Å²) in [6.45, 7) is 10.1. The van der Waals surface area contributed by atoms with Crippen LogP contribution in [0, 0.1) is 5.92 Å². The molecule has 0 heterocycles. The Morgan fingerprint density at radius 1 is 1.38 bits per heavy atom. The summed E-state index contributed by atoms with van der Waals surface area (Å²) in [6, 6.07) is 3.14. The fourth-order valence-electron chi connectivity index (χ4n) is 2.54. The number of halogens is 2. The molecule has 1 rings (SSSR count). The number of hydrogen-bond donors (Lipinski definition) is 1. The van der Waals surface area contributed by atoms with E-state index in [4.69, 9.17) is 5.11 Å². The maximum atomic E-state index is 13.5. The normalized spacial score (nSPS) is 13.9. The highest BCUT2D eigenvalue weighted by atomic mass is 19.3. The molecule has 1 aromatic rings. The topological polar surface area (TPSA) is 54.2 Å². The zero-order valence-electron chi connectivity index (χ0n) is 15.9. The number of aliphatic imine (C=N–C) groups is 2. The van der Waals surface area contributed by atoms with Crippen molar-refractivity contribution in [2.75, 3.05) is 6.61 Å². The molecule has 0 fully saturated rings. The molecular formula is C20H28F2N2O2. The Balaban J connectivity index is 3.58. The third kappa shape index (κ3) is 5.73. The molecule has 0 aliphatic rings. The van der Waals surface area contributed by atoms with Gasteiger partial charge in [-0.15, -0.1) is 0 Å². The Kier molecular flexibility index (Phi) is 8.58. The summed E-state index contributed by atoms with van der Waals surface area (Å²) in [6.07, 6.45) is 2.45. The summed E-state index contributed by atoms with van der Waals surface area (Å²) in [4.78, 5) is 8.41. The number of hydrogen-bond acceptors (Lipinski definition) is 4. The third-order valence-corrected chi connectivity index (χ3v) is 3.98. The number of benzene rings is 1. The van der Waals surface area contributed by atoms with Gasteiger partial charge in [-0.25, -0.2) is 0 Å². The Hall–Kier alpha value is -2.08. The molecule has 0 bridgehead atoms. The lowest BCUT2D eigenvalue weighted by Crippen LogP contribution is -2.29. The lowest BCUT2D eigenvalue weighted by atomic mass is 9.95. The van der Waals surface area contributed by atoms with Crippen molar-refractivity contribution in [2.24, 2.45) is 15.9 Å². The lowest BCUT2D eigenvalue weighted by molar-refractivity contribution is -0.200. The molecule has 26 heavy (non-hydrogen) atoms. The summed E-state index contributed by atoms with van der Waals surface area (Å²) in [5, 5.41) is 8.78. The molecule has 1 N–H and O–H groups in total. The van der Waals surface area contributed by atoms with E-state index in [9.17, 15) is 8.78 Å². The van der Waals surface area contributed by atoms with Crippen LogP contribution in [0.2, 0.25) is 0 Å². The fourth-order valence-corrected chi connectivity index (χ4v) is 2.54. The summed E-state index contributed by atoms with van der Waals surface area (Å²) in [7, 11) is 0.